The van der Waals surface area contributed by atoms with Crippen molar-refractivity contribution in [2.75, 3.05) is 0 Å². The van der Waals surface area contributed by atoms with E-state index in [4.69, 9.17) is 4.74 Å². The summed E-state index contributed by atoms with van der Waals surface area (Å²) in [5.41, 5.74) is 2.96. The second-order valence-electron chi connectivity index (χ2n) is 9.60. The Morgan fingerprint density at radius 1 is 1.00 bits per heavy atom. The number of esters is 1. The number of ketones is 1. The summed E-state index contributed by atoms with van der Waals surface area (Å²) in [6.45, 7) is 8.05. The van der Waals surface area contributed by atoms with Crippen LogP contribution in [0.4, 0.5) is 0 Å². The zero-order chi connectivity index (χ0) is 18.7. The molecule has 4 aliphatic rings. The number of hydrogen-bond acceptors (Lipinski definition) is 3. The van der Waals surface area contributed by atoms with Crippen LogP contribution in [-0.4, -0.2) is 17.9 Å². The molecule has 0 saturated heterocycles. The molecule has 4 rings (SSSR count). The van der Waals surface area contributed by atoms with E-state index in [2.05, 4.69) is 26.0 Å². The van der Waals surface area contributed by atoms with Crippen LogP contribution in [-0.2, 0) is 14.3 Å². The summed E-state index contributed by atoms with van der Waals surface area (Å²) in [5.74, 6) is 2.11. The van der Waals surface area contributed by atoms with Gasteiger partial charge in [-0.25, -0.2) is 0 Å². The van der Waals surface area contributed by atoms with E-state index in [-0.39, 0.29) is 28.7 Å². The molecule has 0 amide bonds. The number of allylic oxidation sites excluding steroid dienone is 3. The number of carbonyl (C=O) groups is 2. The first-order valence-corrected chi connectivity index (χ1v) is 10.3. The molecule has 3 nitrogen and oxygen atoms in total. The standard InChI is InChI=1S/C23H32O3/c1-14(24)19-7-8-20-18-6-5-16-13-17(26-15(2)25)9-11-22(16,3)21(18)10-12-23(19,20)4/h5,7,17-18,20-21H,6,8-13H2,1-4H3. The second kappa shape index (κ2) is 6.07. The molecule has 0 aliphatic heterocycles. The van der Waals surface area contributed by atoms with Crippen LogP contribution in [0.1, 0.15) is 72.6 Å². The summed E-state index contributed by atoms with van der Waals surface area (Å²) in [7, 11) is 0. The lowest BCUT2D eigenvalue weighted by Crippen LogP contribution is -2.50. The van der Waals surface area contributed by atoms with E-state index in [9.17, 15) is 9.59 Å². The van der Waals surface area contributed by atoms with Gasteiger partial charge in [0.05, 0.1) is 0 Å². The van der Waals surface area contributed by atoms with Gasteiger partial charge in [-0.3, -0.25) is 9.59 Å². The number of carbonyl (C=O) groups excluding carboxylic acids is 2. The monoisotopic (exact) mass is 356 g/mol. The van der Waals surface area contributed by atoms with Gasteiger partial charge in [0.2, 0.25) is 0 Å². The van der Waals surface area contributed by atoms with E-state index < -0.39 is 0 Å². The minimum Gasteiger partial charge on any atom is -0.462 e. The summed E-state index contributed by atoms with van der Waals surface area (Å²) in [6.07, 6.45) is 12.3. The van der Waals surface area contributed by atoms with Crippen molar-refractivity contribution in [1.82, 2.24) is 0 Å². The molecular formula is C23H32O3. The van der Waals surface area contributed by atoms with Gasteiger partial charge in [0.1, 0.15) is 6.10 Å². The van der Waals surface area contributed by atoms with Gasteiger partial charge in [0, 0.05) is 13.3 Å². The third kappa shape index (κ3) is 2.53. The van der Waals surface area contributed by atoms with Gasteiger partial charge in [-0.2, -0.15) is 0 Å². The molecule has 0 radical (unpaired) electrons. The van der Waals surface area contributed by atoms with Crippen LogP contribution < -0.4 is 0 Å². The topological polar surface area (TPSA) is 43.4 Å². The Bertz CT molecular complexity index is 702. The van der Waals surface area contributed by atoms with Crippen molar-refractivity contribution in [2.45, 2.75) is 78.7 Å². The lowest BCUT2D eigenvalue weighted by Gasteiger charge is -2.57. The molecule has 26 heavy (non-hydrogen) atoms. The van der Waals surface area contributed by atoms with Gasteiger partial charge in [-0.1, -0.05) is 31.6 Å². The maximum absolute atomic E-state index is 12.2. The van der Waals surface area contributed by atoms with E-state index in [1.54, 1.807) is 6.92 Å². The van der Waals surface area contributed by atoms with Crippen molar-refractivity contribution in [3.8, 4) is 0 Å². The lowest BCUT2D eigenvalue weighted by atomic mass is 9.47. The van der Waals surface area contributed by atoms with Crippen LogP contribution in [0.5, 0.6) is 0 Å². The van der Waals surface area contributed by atoms with E-state index in [0.29, 0.717) is 17.8 Å². The Kier molecular flexibility index (Phi) is 4.20. The van der Waals surface area contributed by atoms with E-state index >= 15 is 0 Å². The van der Waals surface area contributed by atoms with Crippen LogP contribution in [0, 0.1) is 28.6 Å². The van der Waals surface area contributed by atoms with Crippen molar-refractivity contribution in [3.63, 3.8) is 0 Å². The van der Waals surface area contributed by atoms with Gasteiger partial charge in [-0.05, 0) is 79.6 Å². The fourth-order valence-electron chi connectivity index (χ4n) is 7.08. The van der Waals surface area contributed by atoms with Crippen LogP contribution in [0.15, 0.2) is 23.3 Å². The van der Waals surface area contributed by atoms with Gasteiger partial charge in [0.15, 0.2) is 5.78 Å². The molecule has 3 heteroatoms. The molecule has 142 valence electrons. The van der Waals surface area contributed by atoms with E-state index in [1.165, 1.54) is 18.9 Å². The predicted octanol–water partition coefficient (Wildman–Crippen LogP) is 5.01. The highest BCUT2D eigenvalue weighted by molar-refractivity contribution is 5.95. The second-order valence-corrected chi connectivity index (χ2v) is 9.60. The largest absolute Gasteiger partial charge is 0.462 e. The minimum absolute atomic E-state index is 0.0645. The summed E-state index contributed by atoms with van der Waals surface area (Å²) >= 11 is 0. The quantitative estimate of drug-likeness (QED) is 0.516. The highest BCUT2D eigenvalue weighted by atomic mass is 16.5. The Morgan fingerprint density at radius 2 is 1.73 bits per heavy atom. The Balaban J connectivity index is 1.59. The van der Waals surface area contributed by atoms with Crippen LogP contribution in [0.3, 0.4) is 0 Å². The van der Waals surface area contributed by atoms with E-state index in [1.807, 2.05) is 0 Å². The number of hydrogen-bond donors (Lipinski definition) is 0. The first-order chi connectivity index (χ1) is 12.3. The third-order valence-corrected chi connectivity index (χ3v) is 8.35. The average Bonchev–Trinajstić information content (AvgIpc) is 2.92. The van der Waals surface area contributed by atoms with E-state index in [0.717, 1.165) is 44.1 Å². The number of ether oxygens (including phenoxy) is 1. The molecule has 6 unspecified atom stereocenters. The summed E-state index contributed by atoms with van der Waals surface area (Å²) in [5, 5.41) is 0. The average molecular weight is 357 g/mol. The highest BCUT2D eigenvalue weighted by Gasteiger charge is 2.57. The van der Waals surface area contributed by atoms with Crippen molar-refractivity contribution >= 4 is 11.8 Å². The summed E-state index contributed by atoms with van der Waals surface area (Å²) < 4.78 is 5.52. The Hall–Kier alpha value is -1.38. The normalized spacial score (nSPS) is 44.2. The molecule has 0 aromatic rings. The maximum atomic E-state index is 12.2. The number of Topliss-reactive ketones (excluding diaryl/α,β-unsaturated/α-hetero) is 1. The van der Waals surface area contributed by atoms with Gasteiger partial charge < -0.3 is 4.74 Å². The molecule has 4 aliphatic carbocycles. The number of rotatable bonds is 2. The first-order valence-electron chi connectivity index (χ1n) is 10.3. The fraction of sp³-hybridized carbons (Fsp3) is 0.739. The SMILES string of the molecule is CC(=O)OC1CCC2(C)C(=CCC3C2CCC2(C)C(C(C)=O)=CCC32)C1. The molecule has 0 heterocycles. The Morgan fingerprint density at radius 3 is 2.42 bits per heavy atom. The van der Waals surface area contributed by atoms with Gasteiger partial charge in [0.25, 0.3) is 0 Å². The highest BCUT2D eigenvalue weighted by Crippen LogP contribution is 2.65. The smallest absolute Gasteiger partial charge is 0.302 e. The van der Waals surface area contributed by atoms with Crippen LogP contribution in [0.25, 0.3) is 0 Å². The molecule has 6 atom stereocenters. The minimum atomic E-state index is -0.157. The van der Waals surface area contributed by atoms with Gasteiger partial charge >= 0.3 is 5.97 Å². The molecule has 0 spiro atoms. The van der Waals surface area contributed by atoms with Crippen molar-refractivity contribution in [2.24, 2.45) is 28.6 Å². The molecule has 0 aromatic carbocycles. The van der Waals surface area contributed by atoms with Crippen molar-refractivity contribution < 1.29 is 14.3 Å². The summed E-state index contributed by atoms with van der Waals surface area (Å²) in [6, 6.07) is 0. The summed E-state index contributed by atoms with van der Waals surface area (Å²) in [4.78, 5) is 23.5. The Labute approximate surface area is 157 Å². The zero-order valence-corrected chi connectivity index (χ0v) is 16.6. The molecule has 0 N–H and O–H groups in total. The van der Waals surface area contributed by atoms with Gasteiger partial charge in [-0.15, -0.1) is 0 Å². The lowest BCUT2D eigenvalue weighted by molar-refractivity contribution is -0.148. The first kappa shape index (κ1) is 18.0. The molecular weight excluding hydrogens is 324 g/mol. The van der Waals surface area contributed by atoms with Crippen molar-refractivity contribution in [1.29, 1.82) is 0 Å². The third-order valence-electron chi connectivity index (χ3n) is 8.35. The zero-order valence-electron chi connectivity index (χ0n) is 16.6. The van der Waals surface area contributed by atoms with Crippen LogP contribution in [0.2, 0.25) is 0 Å². The molecule has 0 bridgehead atoms. The predicted molar refractivity (Wildman–Crippen MR) is 101 cm³/mol. The molecule has 2 saturated carbocycles. The van der Waals surface area contributed by atoms with Crippen LogP contribution >= 0.6 is 0 Å². The number of fused-ring (bicyclic) bond motifs is 5. The van der Waals surface area contributed by atoms with Crippen molar-refractivity contribution in [3.05, 3.63) is 23.3 Å². The fourth-order valence-corrected chi connectivity index (χ4v) is 7.08. The molecule has 2 fully saturated rings. The maximum Gasteiger partial charge on any atom is 0.302 e. The molecule has 0 aromatic heterocycles.